The van der Waals surface area contributed by atoms with Crippen LogP contribution in [-0.2, 0) is 21.4 Å². The summed E-state index contributed by atoms with van der Waals surface area (Å²) in [4.78, 5) is 35.4. The fraction of sp³-hybridized carbons (Fsp3) is 0.455. The van der Waals surface area contributed by atoms with Crippen LogP contribution in [0.1, 0.15) is 109 Å². The lowest BCUT2D eigenvalue weighted by Crippen LogP contribution is -2.48. The topological polar surface area (TPSA) is 102 Å². The number of benzene rings is 3. The van der Waals surface area contributed by atoms with E-state index in [0.29, 0.717) is 24.4 Å². The summed E-state index contributed by atoms with van der Waals surface area (Å²) in [5.41, 5.74) is 5.06. The van der Waals surface area contributed by atoms with Crippen LogP contribution < -0.4 is 15.4 Å². The monoisotopic (exact) mass is 706 g/mol. The van der Waals surface area contributed by atoms with Gasteiger partial charge >= 0.3 is 5.97 Å². The van der Waals surface area contributed by atoms with Crippen molar-refractivity contribution in [2.45, 2.75) is 117 Å². The van der Waals surface area contributed by atoms with E-state index in [-0.39, 0.29) is 23.3 Å². The van der Waals surface area contributed by atoms with Crippen LogP contribution in [0.5, 0.6) is 5.75 Å². The molecule has 0 radical (unpaired) electrons. The summed E-state index contributed by atoms with van der Waals surface area (Å²) in [6.45, 7) is 17.1. The van der Waals surface area contributed by atoms with Crippen LogP contribution >= 0.6 is 0 Å². The molecule has 52 heavy (non-hydrogen) atoms. The van der Waals surface area contributed by atoms with Gasteiger partial charge in [-0.15, -0.1) is 0 Å². The third kappa shape index (κ3) is 12.9. The quantitative estimate of drug-likeness (QED) is 0.0834. The van der Waals surface area contributed by atoms with Gasteiger partial charge in [0.25, 0.3) is 5.91 Å². The fourth-order valence-electron chi connectivity index (χ4n) is 5.70. The molecular weight excluding hydrogens is 649 g/mol. The Morgan fingerprint density at radius 2 is 1.37 bits per heavy atom. The molecule has 0 spiro atoms. The molecule has 1 heterocycles. The molecule has 0 bridgehead atoms. The van der Waals surface area contributed by atoms with Crippen molar-refractivity contribution in [2.24, 2.45) is 0 Å². The number of unbranched alkanes of at least 4 members (excludes halogenated alkanes) is 4. The third-order valence-electron chi connectivity index (χ3n) is 8.83. The predicted octanol–water partition coefficient (Wildman–Crippen LogP) is 9.12. The van der Waals surface area contributed by atoms with E-state index in [2.05, 4.69) is 48.3 Å². The minimum Gasteiger partial charge on any atom is -0.494 e. The Morgan fingerprint density at radius 3 is 1.96 bits per heavy atom. The summed E-state index contributed by atoms with van der Waals surface area (Å²) >= 11 is 0. The first-order chi connectivity index (χ1) is 24.7. The van der Waals surface area contributed by atoms with E-state index in [0.717, 1.165) is 46.6 Å². The summed E-state index contributed by atoms with van der Waals surface area (Å²) in [6, 6.07) is 23.1. The van der Waals surface area contributed by atoms with Crippen LogP contribution in [0.25, 0.3) is 22.5 Å². The van der Waals surface area contributed by atoms with E-state index in [9.17, 15) is 9.59 Å². The second-order valence-corrected chi connectivity index (χ2v) is 15.6. The zero-order valence-electron chi connectivity index (χ0n) is 32.4. The molecule has 278 valence electrons. The number of nitrogens with one attached hydrogen (secondary N) is 2. The molecule has 0 saturated carbocycles. The number of carbonyl (C=O) groups is 2. The minimum atomic E-state index is -0.584. The number of rotatable bonds is 17. The molecule has 4 rings (SSSR count). The van der Waals surface area contributed by atoms with Crippen LogP contribution in [0.2, 0.25) is 0 Å². The number of amides is 1. The van der Waals surface area contributed by atoms with Gasteiger partial charge < -0.3 is 20.1 Å². The number of ether oxygens (including phenoxy) is 2. The highest BCUT2D eigenvalue weighted by molar-refractivity contribution is 5.94. The predicted molar refractivity (Wildman–Crippen MR) is 211 cm³/mol. The van der Waals surface area contributed by atoms with Crippen LogP contribution in [0.15, 0.2) is 85.2 Å². The summed E-state index contributed by atoms with van der Waals surface area (Å²) in [6.07, 6.45) is 10.3. The molecule has 0 unspecified atom stereocenters. The Morgan fingerprint density at radius 1 is 0.750 bits per heavy atom. The van der Waals surface area contributed by atoms with Gasteiger partial charge in [0, 0.05) is 41.7 Å². The lowest BCUT2D eigenvalue weighted by atomic mass is 9.86. The summed E-state index contributed by atoms with van der Waals surface area (Å²) in [5, 5.41) is 6.46. The van der Waals surface area contributed by atoms with Crippen LogP contribution in [0.3, 0.4) is 0 Å². The molecule has 0 aliphatic heterocycles. The molecule has 2 N–H and O–H groups in total. The van der Waals surface area contributed by atoms with Crippen molar-refractivity contribution >= 4 is 11.9 Å². The van der Waals surface area contributed by atoms with Crippen molar-refractivity contribution in [1.82, 2.24) is 20.6 Å². The smallest absolute Gasteiger partial charge is 0.323 e. The molecule has 3 aromatic carbocycles. The van der Waals surface area contributed by atoms with Gasteiger partial charge in [-0.25, -0.2) is 9.97 Å². The number of esters is 1. The van der Waals surface area contributed by atoms with E-state index in [4.69, 9.17) is 9.47 Å². The Labute approximate surface area is 311 Å². The molecule has 0 fully saturated rings. The number of carbonyl (C=O) groups excluding carboxylic acids is 2. The van der Waals surface area contributed by atoms with E-state index in [1.54, 1.807) is 6.92 Å². The first-order valence-corrected chi connectivity index (χ1v) is 18.7. The van der Waals surface area contributed by atoms with Gasteiger partial charge in [0.2, 0.25) is 0 Å². The Hall–Kier alpha value is -4.56. The third-order valence-corrected chi connectivity index (χ3v) is 8.83. The number of hydrogen-bond donors (Lipinski definition) is 2. The van der Waals surface area contributed by atoms with Crippen molar-refractivity contribution in [2.75, 3.05) is 13.2 Å². The Balaban J connectivity index is 1.39. The zero-order valence-corrected chi connectivity index (χ0v) is 32.4. The largest absolute Gasteiger partial charge is 0.494 e. The van der Waals surface area contributed by atoms with Crippen molar-refractivity contribution in [3.8, 4) is 28.3 Å². The number of aromatic nitrogens is 2. The SMILES string of the molecule is CCCCCCCOc1ccc(-c2cnc(-c3ccc(C[C@@H](CN[C@H](C)C(=O)OC(C)(C)C)NC(=O)c4ccc(C(C)(C)C)cc4)cc3)nc2)cc1. The van der Waals surface area contributed by atoms with Crippen LogP contribution in [0.4, 0.5) is 0 Å². The van der Waals surface area contributed by atoms with Crippen molar-refractivity contribution < 1.29 is 19.1 Å². The zero-order chi connectivity index (χ0) is 37.7. The first-order valence-electron chi connectivity index (χ1n) is 18.7. The molecule has 0 saturated heterocycles. The molecule has 1 amide bonds. The van der Waals surface area contributed by atoms with E-state index >= 15 is 0 Å². The second kappa shape index (κ2) is 18.8. The van der Waals surface area contributed by atoms with E-state index in [1.807, 2.05) is 106 Å². The van der Waals surface area contributed by atoms with Gasteiger partial charge in [-0.1, -0.05) is 102 Å². The van der Waals surface area contributed by atoms with Crippen LogP contribution in [-0.4, -0.2) is 52.7 Å². The highest BCUT2D eigenvalue weighted by Gasteiger charge is 2.23. The molecular formula is C44H58N4O4. The molecule has 8 nitrogen and oxygen atoms in total. The highest BCUT2D eigenvalue weighted by Crippen LogP contribution is 2.25. The maximum absolute atomic E-state index is 13.4. The molecule has 4 aromatic rings. The van der Waals surface area contributed by atoms with Gasteiger partial charge in [0.1, 0.15) is 17.4 Å². The Bertz CT molecular complexity index is 1690. The normalized spacial score (nSPS) is 12.9. The van der Waals surface area contributed by atoms with Crippen molar-refractivity contribution in [3.63, 3.8) is 0 Å². The van der Waals surface area contributed by atoms with Crippen molar-refractivity contribution in [1.29, 1.82) is 0 Å². The van der Waals surface area contributed by atoms with Gasteiger partial charge in [0.15, 0.2) is 5.82 Å². The summed E-state index contributed by atoms with van der Waals surface area (Å²) in [7, 11) is 0. The van der Waals surface area contributed by atoms with Gasteiger partial charge in [-0.05, 0) is 86.9 Å². The summed E-state index contributed by atoms with van der Waals surface area (Å²) in [5.74, 6) is 1.01. The number of hydrogen-bond acceptors (Lipinski definition) is 7. The molecule has 8 heteroatoms. The maximum atomic E-state index is 13.4. The highest BCUT2D eigenvalue weighted by atomic mass is 16.6. The minimum absolute atomic E-state index is 0.00673. The van der Waals surface area contributed by atoms with Gasteiger partial charge in [0.05, 0.1) is 6.61 Å². The first kappa shape index (κ1) is 40.2. The standard InChI is InChI=1S/C44H58N4O4/c1-9-10-11-12-13-26-51-39-24-20-33(21-25-39)36-28-46-40(47-29-36)34-16-14-32(15-17-34)27-38(30-45-31(2)42(50)52-44(6,7)8)48-41(49)35-18-22-37(23-19-35)43(3,4)5/h14-25,28-29,31,38,45H,9-13,26-27,30H2,1-8H3,(H,48,49)/t31-,38+/m1/s1. The van der Waals surface area contributed by atoms with Gasteiger partial charge in [-0.2, -0.15) is 0 Å². The van der Waals surface area contributed by atoms with Crippen molar-refractivity contribution in [3.05, 3.63) is 102 Å². The molecule has 2 atom stereocenters. The molecule has 1 aromatic heterocycles. The van der Waals surface area contributed by atoms with E-state index in [1.165, 1.54) is 25.7 Å². The maximum Gasteiger partial charge on any atom is 0.323 e. The summed E-state index contributed by atoms with van der Waals surface area (Å²) < 4.78 is 11.5. The van der Waals surface area contributed by atoms with E-state index < -0.39 is 11.6 Å². The second-order valence-electron chi connectivity index (χ2n) is 15.6. The average molecular weight is 707 g/mol. The fourth-order valence-corrected chi connectivity index (χ4v) is 5.70. The number of nitrogens with zero attached hydrogens (tertiary/aromatic N) is 2. The molecule has 0 aliphatic rings. The lowest BCUT2D eigenvalue weighted by Gasteiger charge is -2.25. The van der Waals surface area contributed by atoms with Crippen LogP contribution in [0, 0.1) is 0 Å². The lowest BCUT2D eigenvalue weighted by molar-refractivity contribution is -0.156. The average Bonchev–Trinajstić information content (AvgIpc) is 3.11. The molecule has 0 aliphatic carbocycles. The Kier molecular flexibility index (Phi) is 14.5. The van der Waals surface area contributed by atoms with Gasteiger partial charge in [-0.3, -0.25) is 9.59 Å².